The van der Waals surface area contributed by atoms with Crippen LogP contribution in [0.3, 0.4) is 0 Å². The Balaban J connectivity index is 0.000000410. The molecule has 3 rings (SSSR count). The van der Waals surface area contributed by atoms with Gasteiger partial charge in [-0.1, -0.05) is 41.8 Å². The second kappa shape index (κ2) is 16.1. The van der Waals surface area contributed by atoms with E-state index in [2.05, 4.69) is 28.8 Å². The van der Waals surface area contributed by atoms with Crippen LogP contribution >= 0.6 is 0 Å². The summed E-state index contributed by atoms with van der Waals surface area (Å²) in [5.74, 6) is -0.265. The molecule has 0 atom stereocenters. The van der Waals surface area contributed by atoms with Gasteiger partial charge in [-0.3, -0.25) is 9.98 Å². The van der Waals surface area contributed by atoms with E-state index < -0.39 is 0 Å². The van der Waals surface area contributed by atoms with Crippen LogP contribution in [0.1, 0.15) is 62.0 Å². The Labute approximate surface area is 220 Å². The van der Waals surface area contributed by atoms with Crippen molar-refractivity contribution in [1.82, 2.24) is 4.98 Å². The summed E-state index contributed by atoms with van der Waals surface area (Å²) in [6.07, 6.45) is 8.92. The third-order valence-corrected chi connectivity index (χ3v) is 9.14. The topological polar surface area (TPSA) is 83.7 Å². The third kappa shape index (κ3) is 11.1. The van der Waals surface area contributed by atoms with Crippen LogP contribution in [0.25, 0.3) is 0 Å². The Morgan fingerprint density at radius 2 is 1.20 bits per heavy atom. The molecule has 0 amide bonds. The average Bonchev–Trinajstić information content (AvgIpc) is 2.86. The molecule has 0 aliphatic heterocycles. The molecule has 0 unspecified atom stereocenters. The van der Waals surface area contributed by atoms with Crippen LogP contribution in [0.4, 0.5) is 11.4 Å². The molecule has 0 aliphatic rings. The fourth-order valence-corrected chi connectivity index (χ4v) is 7.23. The first-order chi connectivity index (χ1) is 16.9. The van der Waals surface area contributed by atoms with Crippen LogP contribution in [0.15, 0.2) is 64.6 Å². The van der Waals surface area contributed by atoms with Gasteiger partial charge in [0.05, 0.1) is 35.2 Å². The number of nitrogens with zero attached hydrogens (tertiary/aromatic N) is 3. The Kier molecular flexibility index (Phi) is 13.1. The van der Waals surface area contributed by atoms with Crippen molar-refractivity contribution in [3.8, 4) is 11.5 Å². The summed E-state index contributed by atoms with van der Waals surface area (Å²) in [5, 5.41) is 23.6. The minimum atomic E-state index is -0.132. The van der Waals surface area contributed by atoms with Crippen LogP contribution in [0, 0.1) is 13.8 Å². The molecule has 3 aromatic rings. The first-order valence-electron chi connectivity index (χ1n) is 12.2. The summed E-state index contributed by atoms with van der Waals surface area (Å²) in [6.45, 7) is 8.39. The summed E-state index contributed by atoms with van der Waals surface area (Å²) < 4.78 is 3.25. The largest absolute Gasteiger partial charge is 0.871 e. The number of rotatable bonds is 10. The Bertz CT molecular complexity index is 1030. The van der Waals surface area contributed by atoms with Crippen molar-refractivity contribution >= 4 is 44.9 Å². The van der Waals surface area contributed by atoms with Gasteiger partial charge in [-0.15, -0.1) is 0 Å². The molecule has 0 radical (unpaired) electrons. The quantitative estimate of drug-likeness (QED) is 0.158. The summed E-state index contributed by atoms with van der Waals surface area (Å²) in [4.78, 5) is 12.9. The monoisotopic (exact) mass is 577 g/mol. The molecule has 0 bridgehead atoms. The summed E-state index contributed by atoms with van der Waals surface area (Å²) >= 11 is 0.149. The number of unbranched alkanes of at least 4 members (excludes halogenated alkanes) is 2. The standard InChI is InChI=1S/C21H19N3O2.2C4H9.Sn/c1-14-6-8-20(25)18(10-14)22-12-16-4-3-5-17(24-16)13-23-19-11-15(2)7-9-21(19)26;2*1-3-4-2;/h3-13,25-26H,1-2H3;2*1,3-4H2,2H3;/q;;;+2/p-2. The second-order valence-electron chi connectivity index (χ2n) is 8.40. The summed E-state index contributed by atoms with van der Waals surface area (Å²) in [7, 11) is 0. The molecule has 6 heteroatoms. The SMILES string of the molecule is CCC[CH2][Sn+2][CH2]CCC.Cc1ccc([O-])c(N=Cc2cccc(C=Nc3cc(C)ccc3[O-])n2)c1. The van der Waals surface area contributed by atoms with Gasteiger partial charge >= 0.3 is 69.5 Å². The van der Waals surface area contributed by atoms with E-state index in [1.54, 1.807) is 57.7 Å². The maximum atomic E-state index is 11.8. The van der Waals surface area contributed by atoms with E-state index >= 15 is 0 Å². The number of aryl methyl sites for hydroxylation is 2. The molecule has 182 valence electrons. The van der Waals surface area contributed by atoms with Gasteiger partial charge in [0.15, 0.2) is 0 Å². The molecule has 0 saturated carbocycles. The first-order valence-corrected chi connectivity index (χ1v) is 16.3. The van der Waals surface area contributed by atoms with E-state index in [0.717, 1.165) is 11.1 Å². The zero-order valence-electron chi connectivity index (χ0n) is 21.3. The number of aliphatic imine (C=N–C) groups is 2. The van der Waals surface area contributed by atoms with Gasteiger partial charge in [0.1, 0.15) is 0 Å². The van der Waals surface area contributed by atoms with Gasteiger partial charge in [0.25, 0.3) is 0 Å². The van der Waals surface area contributed by atoms with Gasteiger partial charge in [0.2, 0.25) is 0 Å². The normalized spacial score (nSPS) is 10.9. The maximum Gasteiger partial charge on any atom is 0.0820 e. The Morgan fingerprint density at radius 1 is 0.743 bits per heavy atom. The van der Waals surface area contributed by atoms with Crippen molar-refractivity contribution in [3.63, 3.8) is 0 Å². The van der Waals surface area contributed by atoms with Crippen LogP contribution in [-0.4, -0.2) is 38.6 Å². The van der Waals surface area contributed by atoms with Crippen molar-refractivity contribution in [2.75, 3.05) is 0 Å². The van der Waals surface area contributed by atoms with E-state index in [-0.39, 0.29) is 32.6 Å². The minimum absolute atomic E-state index is 0.132. The average molecular weight is 576 g/mol. The van der Waals surface area contributed by atoms with Gasteiger partial charge in [-0.25, -0.2) is 4.98 Å². The smallest absolute Gasteiger partial charge is 0.0820 e. The Hall–Kier alpha value is -2.67. The van der Waals surface area contributed by atoms with E-state index in [1.807, 2.05) is 19.9 Å². The molecule has 0 saturated heterocycles. The predicted octanol–water partition coefficient (Wildman–Crippen LogP) is 6.47. The number of benzene rings is 2. The van der Waals surface area contributed by atoms with E-state index in [9.17, 15) is 10.2 Å². The Morgan fingerprint density at radius 3 is 1.63 bits per heavy atom. The van der Waals surface area contributed by atoms with Crippen molar-refractivity contribution < 1.29 is 10.2 Å². The molecule has 0 aliphatic carbocycles. The summed E-state index contributed by atoms with van der Waals surface area (Å²) in [6, 6.07) is 15.4. The number of hydrogen-bond donors (Lipinski definition) is 0. The second-order valence-corrected chi connectivity index (χ2v) is 12.7. The first kappa shape index (κ1) is 28.6. The van der Waals surface area contributed by atoms with E-state index in [4.69, 9.17) is 0 Å². The van der Waals surface area contributed by atoms with Crippen LogP contribution in [-0.2, 0) is 0 Å². The third-order valence-electron chi connectivity index (χ3n) is 5.11. The molecule has 1 aromatic heterocycles. The fraction of sp³-hybridized carbons (Fsp3) is 0.345. The predicted molar refractivity (Wildman–Crippen MR) is 145 cm³/mol. The van der Waals surface area contributed by atoms with Gasteiger partial charge in [-0.05, 0) is 49.2 Å². The molecule has 0 spiro atoms. The van der Waals surface area contributed by atoms with Crippen molar-refractivity contribution in [2.24, 2.45) is 9.98 Å². The van der Waals surface area contributed by atoms with Crippen LogP contribution < -0.4 is 10.2 Å². The maximum absolute atomic E-state index is 11.8. The van der Waals surface area contributed by atoms with Crippen LogP contribution in [0.2, 0.25) is 8.87 Å². The minimum Gasteiger partial charge on any atom is -0.871 e. The van der Waals surface area contributed by atoms with Gasteiger partial charge < -0.3 is 10.2 Å². The van der Waals surface area contributed by atoms with Crippen molar-refractivity contribution in [3.05, 3.63) is 77.1 Å². The summed E-state index contributed by atoms with van der Waals surface area (Å²) in [5.41, 5.74) is 3.89. The molecule has 0 fully saturated rings. The van der Waals surface area contributed by atoms with E-state index in [0.29, 0.717) is 22.8 Å². The molecule has 1 heterocycles. The molecule has 2 aromatic carbocycles. The molecule has 35 heavy (non-hydrogen) atoms. The van der Waals surface area contributed by atoms with Crippen LogP contribution in [0.5, 0.6) is 11.5 Å². The van der Waals surface area contributed by atoms with Crippen molar-refractivity contribution in [2.45, 2.75) is 62.3 Å². The number of aromatic nitrogens is 1. The van der Waals surface area contributed by atoms with E-state index in [1.165, 1.54) is 37.8 Å². The number of pyridine rings is 1. The van der Waals surface area contributed by atoms with Crippen molar-refractivity contribution in [1.29, 1.82) is 0 Å². The molecular formula is C29H35N3O2Sn. The fourth-order valence-electron chi connectivity index (χ4n) is 3.07. The zero-order chi connectivity index (χ0) is 25.5. The number of hydrogen-bond acceptors (Lipinski definition) is 5. The molecule has 5 nitrogen and oxygen atoms in total. The zero-order valence-corrected chi connectivity index (χ0v) is 24.1. The van der Waals surface area contributed by atoms with Gasteiger partial charge in [0, 0.05) is 0 Å². The molecular weight excluding hydrogens is 541 g/mol. The molecule has 0 N–H and O–H groups in total. The van der Waals surface area contributed by atoms with Gasteiger partial charge in [-0.2, -0.15) is 0 Å².